The van der Waals surface area contributed by atoms with E-state index in [9.17, 15) is 24.0 Å². The van der Waals surface area contributed by atoms with Gasteiger partial charge in [0.15, 0.2) is 11.2 Å². The molecule has 13 nitrogen and oxygen atoms in total. The van der Waals surface area contributed by atoms with Crippen LogP contribution in [0, 0.1) is 0 Å². The first-order chi connectivity index (χ1) is 21.6. The number of nitrogens with zero attached hydrogens (tertiary/aromatic N) is 7. The van der Waals surface area contributed by atoms with Gasteiger partial charge in [0.25, 0.3) is 11.5 Å². The lowest BCUT2D eigenvalue weighted by Gasteiger charge is -2.37. The molecule has 234 valence electrons. The van der Waals surface area contributed by atoms with E-state index in [1.807, 2.05) is 28.0 Å². The predicted octanol–water partition coefficient (Wildman–Crippen LogP) is 1.77. The van der Waals surface area contributed by atoms with E-state index in [0.717, 1.165) is 10.1 Å². The molecule has 2 aliphatic rings. The van der Waals surface area contributed by atoms with Gasteiger partial charge in [0, 0.05) is 45.3 Å². The van der Waals surface area contributed by atoms with E-state index in [-0.39, 0.29) is 42.6 Å². The van der Waals surface area contributed by atoms with Crippen LogP contribution in [0.15, 0.2) is 58.1 Å². The first-order valence-electron chi connectivity index (χ1n) is 14.6. The molecule has 0 spiro atoms. The summed E-state index contributed by atoms with van der Waals surface area (Å²) in [6.45, 7) is 4.08. The number of halogens is 1. The number of aromatic nitrogens is 4. The number of aryl methyl sites for hydroxylation is 1. The van der Waals surface area contributed by atoms with E-state index in [0.29, 0.717) is 48.4 Å². The summed E-state index contributed by atoms with van der Waals surface area (Å²) in [5.41, 5.74) is 1.16. The van der Waals surface area contributed by atoms with Gasteiger partial charge < -0.3 is 9.64 Å². The minimum absolute atomic E-state index is 0.0433. The lowest BCUT2D eigenvalue weighted by atomic mass is 10.1. The van der Waals surface area contributed by atoms with Crippen LogP contribution in [0.25, 0.3) is 11.2 Å². The van der Waals surface area contributed by atoms with Crippen molar-refractivity contribution in [2.45, 2.75) is 25.9 Å². The molecule has 14 heteroatoms. The molecule has 1 atom stereocenters. The molecule has 0 saturated carbocycles. The number of hydrogen-bond donors (Lipinski definition) is 0. The van der Waals surface area contributed by atoms with Crippen LogP contribution in [0.1, 0.15) is 29.3 Å². The highest BCUT2D eigenvalue weighted by molar-refractivity contribution is 6.31. The summed E-state index contributed by atoms with van der Waals surface area (Å²) in [5.74, 6) is -0.585. The molecule has 2 saturated heterocycles. The molecule has 0 aliphatic carbocycles. The highest BCUT2D eigenvalue weighted by atomic mass is 35.5. The van der Waals surface area contributed by atoms with Crippen molar-refractivity contribution >= 4 is 52.2 Å². The summed E-state index contributed by atoms with van der Waals surface area (Å²) in [7, 11) is 3.02. The molecule has 2 aliphatic heterocycles. The van der Waals surface area contributed by atoms with Crippen LogP contribution in [0.3, 0.4) is 0 Å². The van der Waals surface area contributed by atoms with E-state index < -0.39 is 23.3 Å². The first-order valence-corrected chi connectivity index (χ1v) is 15.0. The highest BCUT2D eigenvalue weighted by Crippen LogP contribution is 2.29. The topological polar surface area (TPSA) is 132 Å². The number of piperazine rings is 1. The number of benzene rings is 2. The Hall–Kier alpha value is -4.75. The van der Waals surface area contributed by atoms with Gasteiger partial charge in [-0.15, -0.1) is 0 Å². The van der Waals surface area contributed by atoms with Crippen LogP contribution >= 0.6 is 11.6 Å². The van der Waals surface area contributed by atoms with E-state index >= 15 is 0 Å². The van der Waals surface area contributed by atoms with Crippen molar-refractivity contribution in [3.05, 3.63) is 85.5 Å². The largest absolute Gasteiger partial charge is 0.462 e. The summed E-state index contributed by atoms with van der Waals surface area (Å²) < 4.78 is 9.23. The second-order valence-corrected chi connectivity index (χ2v) is 11.5. The standard InChI is InChI=1S/C31H32ClN7O6/c1-4-45-29(43)19-9-11-21(12-10-19)39-24(40)17-23(27(39)41)36-13-15-37(16-14-36)30-33-26-25(28(42)35(3)31(44)34(26)2)38(30)18-20-7-5-6-8-22(20)32/h5-12,23H,4,13-18H2,1-3H3. The molecule has 2 amide bonds. The van der Waals surface area contributed by atoms with Crippen molar-refractivity contribution in [1.29, 1.82) is 0 Å². The number of imide groups is 1. The number of hydrogen-bond acceptors (Lipinski definition) is 9. The first kappa shape index (κ1) is 30.3. The quantitative estimate of drug-likeness (QED) is 0.221. The van der Waals surface area contributed by atoms with Crippen molar-refractivity contribution in [3.63, 3.8) is 0 Å². The molecule has 2 aromatic heterocycles. The van der Waals surface area contributed by atoms with Gasteiger partial charge in [-0.2, -0.15) is 4.98 Å². The summed E-state index contributed by atoms with van der Waals surface area (Å²) in [5, 5.41) is 0.543. The number of imidazole rings is 1. The van der Waals surface area contributed by atoms with E-state index in [1.54, 1.807) is 36.7 Å². The SMILES string of the molecule is CCOC(=O)c1ccc(N2C(=O)CC(N3CCN(c4nc5c(c(=O)n(C)c(=O)n5C)n4Cc4ccccc4Cl)CC3)C2=O)cc1. The average molecular weight is 634 g/mol. The van der Waals surface area contributed by atoms with Gasteiger partial charge >= 0.3 is 11.7 Å². The molecule has 4 aromatic rings. The molecule has 0 bridgehead atoms. The van der Waals surface area contributed by atoms with Crippen molar-refractivity contribution in [2.24, 2.45) is 14.1 Å². The van der Waals surface area contributed by atoms with E-state index in [4.69, 9.17) is 21.3 Å². The lowest BCUT2D eigenvalue weighted by molar-refractivity contribution is -0.123. The Morgan fingerprint density at radius 1 is 0.956 bits per heavy atom. The van der Waals surface area contributed by atoms with Crippen LogP contribution in [-0.2, 0) is 35.0 Å². The Bertz CT molecular complexity index is 1940. The van der Waals surface area contributed by atoms with Gasteiger partial charge in [-0.25, -0.2) is 14.5 Å². The monoisotopic (exact) mass is 633 g/mol. The zero-order valence-electron chi connectivity index (χ0n) is 25.1. The molecule has 0 N–H and O–H groups in total. The fraction of sp³-hybridized carbons (Fsp3) is 0.355. The number of esters is 1. The molecular formula is C31H32ClN7O6. The third kappa shape index (κ3) is 5.31. The Kier molecular flexibility index (Phi) is 8.06. The summed E-state index contributed by atoms with van der Waals surface area (Å²) in [4.78, 5) is 74.5. The van der Waals surface area contributed by atoms with E-state index in [1.165, 1.54) is 28.6 Å². The molecular weight excluding hydrogens is 602 g/mol. The fourth-order valence-electron chi connectivity index (χ4n) is 5.99. The second kappa shape index (κ2) is 12.0. The van der Waals surface area contributed by atoms with Crippen molar-refractivity contribution in [2.75, 3.05) is 42.6 Å². The van der Waals surface area contributed by atoms with Gasteiger partial charge in [-0.3, -0.25) is 33.0 Å². The highest BCUT2D eigenvalue weighted by Gasteiger charge is 2.43. The maximum absolute atomic E-state index is 13.5. The van der Waals surface area contributed by atoms with Gasteiger partial charge in [-0.05, 0) is 42.8 Å². The number of ether oxygens (including phenoxy) is 1. The van der Waals surface area contributed by atoms with Gasteiger partial charge in [0.2, 0.25) is 11.9 Å². The number of carbonyl (C=O) groups excluding carboxylic acids is 3. The van der Waals surface area contributed by atoms with Crippen molar-refractivity contribution < 1.29 is 19.1 Å². The molecule has 2 fully saturated rings. The normalized spacial score (nSPS) is 17.5. The minimum atomic E-state index is -0.626. The minimum Gasteiger partial charge on any atom is -0.462 e. The number of amides is 2. The Labute approximate surface area is 262 Å². The predicted molar refractivity (Wildman–Crippen MR) is 168 cm³/mol. The molecule has 0 radical (unpaired) electrons. The Morgan fingerprint density at radius 3 is 2.31 bits per heavy atom. The number of fused-ring (bicyclic) bond motifs is 1. The molecule has 45 heavy (non-hydrogen) atoms. The van der Waals surface area contributed by atoms with Crippen LogP contribution in [-0.4, -0.2) is 80.2 Å². The van der Waals surface area contributed by atoms with Gasteiger partial charge in [-0.1, -0.05) is 29.8 Å². The zero-order chi connectivity index (χ0) is 32.0. The number of carbonyl (C=O) groups is 3. The molecule has 2 aromatic carbocycles. The number of anilines is 2. The average Bonchev–Trinajstić information content (AvgIpc) is 3.57. The smallest absolute Gasteiger partial charge is 0.338 e. The summed E-state index contributed by atoms with van der Waals surface area (Å²) >= 11 is 6.49. The number of rotatable bonds is 7. The maximum Gasteiger partial charge on any atom is 0.338 e. The third-order valence-corrected chi connectivity index (χ3v) is 8.78. The van der Waals surface area contributed by atoms with Gasteiger partial charge in [0.1, 0.15) is 0 Å². The van der Waals surface area contributed by atoms with Gasteiger partial charge in [0.05, 0.1) is 36.9 Å². The van der Waals surface area contributed by atoms with Crippen molar-refractivity contribution in [3.8, 4) is 0 Å². The van der Waals surface area contributed by atoms with Crippen LogP contribution in [0.4, 0.5) is 11.6 Å². The zero-order valence-corrected chi connectivity index (χ0v) is 25.9. The lowest BCUT2D eigenvalue weighted by Crippen LogP contribution is -2.53. The summed E-state index contributed by atoms with van der Waals surface area (Å²) in [6.07, 6.45) is 0.0433. The Morgan fingerprint density at radius 2 is 1.64 bits per heavy atom. The molecule has 4 heterocycles. The summed E-state index contributed by atoms with van der Waals surface area (Å²) in [6, 6.07) is 12.9. The fourth-order valence-corrected chi connectivity index (χ4v) is 6.19. The van der Waals surface area contributed by atoms with Crippen LogP contribution in [0.5, 0.6) is 0 Å². The molecule has 6 rings (SSSR count). The van der Waals surface area contributed by atoms with Crippen LogP contribution < -0.4 is 21.0 Å². The van der Waals surface area contributed by atoms with Crippen molar-refractivity contribution in [1.82, 2.24) is 23.6 Å². The second-order valence-electron chi connectivity index (χ2n) is 11.0. The Balaban J connectivity index is 1.24. The van der Waals surface area contributed by atoms with Crippen LogP contribution in [0.2, 0.25) is 5.02 Å². The maximum atomic E-state index is 13.5. The third-order valence-electron chi connectivity index (χ3n) is 8.41. The van der Waals surface area contributed by atoms with E-state index in [2.05, 4.69) is 0 Å². The molecule has 1 unspecified atom stereocenters.